The van der Waals surface area contributed by atoms with Crippen LogP contribution in [0.25, 0.3) is 5.57 Å². The Hall–Kier alpha value is -3.24. The molecule has 4 rings (SSSR count). The maximum absolute atomic E-state index is 15.0. The summed E-state index contributed by atoms with van der Waals surface area (Å²) in [5, 5.41) is 2.75. The highest BCUT2D eigenvalue weighted by Gasteiger charge is 2.23. The molecule has 2 aromatic carbocycles. The lowest BCUT2D eigenvalue weighted by atomic mass is 9.89. The van der Waals surface area contributed by atoms with E-state index in [0.29, 0.717) is 11.6 Å². The maximum Gasteiger partial charge on any atom is 0.147 e. The number of nitrogens with one attached hydrogen (secondary N) is 1. The summed E-state index contributed by atoms with van der Waals surface area (Å²) in [4.78, 5) is 2.14. The maximum atomic E-state index is 15.0. The third-order valence-electron chi connectivity index (χ3n) is 7.95. The van der Waals surface area contributed by atoms with Gasteiger partial charge >= 0.3 is 0 Å². The summed E-state index contributed by atoms with van der Waals surface area (Å²) in [6, 6.07) is 9.02. The summed E-state index contributed by atoms with van der Waals surface area (Å²) >= 11 is 0. The Morgan fingerprint density at radius 2 is 1.27 bits per heavy atom. The highest BCUT2D eigenvalue weighted by Crippen LogP contribution is 2.33. The van der Waals surface area contributed by atoms with Crippen molar-refractivity contribution in [2.45, 2.75) is 155 Å². The van der Waals surface area contributed by atoms with Crippen molar-refractivity contribution < 1.29 is 8.78 Å². The molecule has 2 aliphatic rings. The second kappa shape index (κ2) is 41.9. The van der Waals surface area contributed by atoms with Crippen molar-refractivity contribution >= 4 is 11.3 Å². The summed E-state index contributed by atoms with van der Waals surface area (Å²) in [5.74, 6) is 1.32. The van der Waals surface area contributed by atoms with Crippen molar-refractivity contribution in [2.75, 3.05) is 32.1 Å². The van der Waals surface area contributed by atoms with Gasteiger partial charge in [-0.1, -0.05) is 138 Å². The minimum absolute atomic E-state index is 0.103. The Morgan fingerprint density at radius 3 is 1.62 bits per heavy atom. The lowest BCUT2D eigenvalue weighted by Crippen LogP contribution is -2.34. The Bertz CT molecular complexity index is 1260. The number of nitrogens with zero attached hydrogens (tertiary/aromatic N) is 1. The molecule has 0 radical (unpaired) electrons. The average molecular weight is 769 g/mol. The third-order valence-corrected chi connectivity index (χ3v) is 7.95. The first-order valence-electron chi connectivity index (χ1n) is 21.3. The first kappa shape index (κ1) is 61.0. The molecule has 2 fully saturated rings. The average Bonchev–Trinajstić information content (AvgIpc) is 3.98. The first-order chi connectivity index (χ1) is 26.2. The summed E-state index contributed by atoms with van der Waals surface area (Å²) < 4.78 is 29.1. The van der Waals surface area contributed by atoms with Crippen LogP contribution in [-0.2, 0) is 6.42 Å². The van der Waals surface area contributed by atoms with E-state index in [9.17, 15) is 4.39 Å². The van der Waals surface area contributed by atoms with Crippen molar-refractivity contribution in [3.05, 3.63) is 120 Å². The normalized spacial score (nSPS) is 12.4. The molecule has 1 saturated heterocycles. The highest BCUT2D eigenvalue weighted by atomic mass is 19.1. The van der Waals surface area contributed by atoms with E-state index in [0.717, 1.165) is 84.5 Å². The van der Waals surface area contributed by atoms with Crippen LogP contribution in [0, 0.1) is 37.3 Å². The molecule has 0 atom stereocenters. The molecule has 2 nitrogen and oxygen atoms in total. The minimum atomic E-state index is -0.207. The third kappa shape index (κ3) is 31.6. The molecule has 0 unspecified atom stereocenters. The molecule has 1 saturated carbocycles. The van der Waals surface area contributed by atoms with Crippen LogP contribution in [0.1, 0.15) is 157 Å². The van der Waals surface area contributed by atoms with Gasteiger partial charge in [0.2, 0.25) is 0 Å². The summed E-state index contributed by atoms with van der Waals surface area (Å²) in [6.07, 6.45) is 14.5. The predicted octanol–water partition coefficient (Wildman–Crippen LogP) is 16.5. The standard InChI is InChI=1S/C28H33F2N.C5H10.C4H8.C3H8.C3H6.C2H7N.3C2H6/c1-6-23(7-2)21(5)25-18-27(30)28(17-20(25)4)31-14-12-22(13-15-31)9-11-24-10-8-19(3)16-26(24)29;1-4-5(2)3;1-4-2-3-4;3*1-3-2;3*1-2/h6-8,10,16-18,22H,1,5,9,11-15H2,2-4H3;2,4H2,1,3H3;4H,2-3H2,1H3;3H2,1-2H3;3H,1H2,2H3;3H,1-2H3;3*1-2H3/b23-7-;;;;;;;;. The molecule has 1 N–H and O–H groups in total. The van der Waals surface area contributed by atoms with Gasteiger partial charge in [-0.3, -0.25) is 0 Å². The number of benzene rings is 2. The molecule has 0 spiro atoms. The van der Waals surface area contributed by atoms with Crippen molar-refractivity contribution in [1.82, 2.24) is 5.32 Å². The molecular weight excluding hydrogens is 679 g/mol. The second-order valence-electron chi connectivity index (χ2n) is 13.2. The zero-order chi connectivity index (χ0) is 43.9. The van der Waals surface area contributed by atoms with Gasteiger partial charge in [0.25, 0.3) is 0 Å². The highest BCUT2D eigenvalue weighted by molar-refractivity contribution is 5.82. The molecule has 1 aliphatic carbocycles. The van der Waals surface area contributed by atoms with Gasteiger partial charge in [0.1, 0.15) is 11.6 Å². The van der Waals surface area contributed by atoms with Crippen LogP contribution < -0.4 is 10.2 Å². The Morgan fingerprint density at radius 1 is 0.836 bits per heavy atom. The van der Waals surface area contributed by atoms with Gasteiger partial charge in [-0.15, -0.1) is 13.2 Å². The quantitative estimate of drug-likeness (QED) is 0.213. The number of hydrogen-bond donors (Lipinski definition) is 1. The number of hydrogen-bond acceptors (Lipinski definition) is 2. The van der Waals surface area contributed by atoms with Crippen LogP contribution >= 0.6 is 0 Å². The largest absolute Gasteiger partial charge is 0.369 e. The van der Waals surface area contributed by atoms with Gasteiger partial charge in [-0.25, -0.2) is 8.78 Å². The van der Waals surface area contributed by atoms with Gasteiger partial charge in [-0.2, -0.15) is 0 Å². The Labute approximate surface area is 343 Å². The van der Waals surface area contributed by atoms with Crippen LogP contribution in [0.2, 0.25) is 0 Å². The molecule has 318 valence electrons. The number of halogens is 2. The zero-order valence-corrected chi connectivity index (χ0v) is 39.4. The van der Waals surface area contributed by atoms with Gasteiger partial charge in [-0.05, 0) is 144 Å². The number of aryl methyl sites for hydroxylation is 3. The Balaban J connectivity index is -0.000000284. The monoisotopic (exact) mass is 769 g/mol. The van der Waals surface area contributed by atoms with Crippen molar-refractivity contribution in [3.8, 4) is 0 Å². The topological polar surface area (TPSA) is 15.3 Å². The number of rotatable bonds is 8. The lowest BCUT2D eigenvalue weighted by molar-refractivity contribution is 0.378. The van der Waals surface area contributed by atoms with Gasteiger partial charge < -0.3 is 10.2 Å². The van der Waals surface area contributed by atoms with E-state index in [1.807, 2.05) is 115 Å². The van der Waals surface area contributed by atoms with E-state index < -0.39 is 0 Å². The second-order valence-corrected chi connectivity index (χ2v) is 13.2. The molecular formula is C51H90F2N2. The summed E-state index contributed by atoms with van der Waals surface area (Å²) in [5.41, 5.74) is 7.22. The lowest BCUT2D eigenvalue weighted by Gasteiger charge is -2.34. The fraction of sp³-hybridized carbons (Fsp3) is 0.569. The minimum Gasteiger partial charge on any atom is -0.369 e. The van der Waals surface area contributed by atoms with Crippen LogP contribution in [0.15, 0.2) is 86.0 Å². The Kier molecular flexibility index (Phi) is 46.5. The van der Waals surface area contributed by atoms with E-state index in [1.165, 1.54) is 24.8 Å². The van der Waals surface area contributed by atoms with Gasteiger partial charge in [0.15, 0.2) is 0 Å². The molecule has 55 heavy (non-hydrogen) atoms. The molecule has 0 bridgehead atoms. The van der Waals surface area contributed by atoms with Crippen LogP contribution in [0.3, 0.4) is 0 Å². The van der Waals surface area contributed by atoms with E-state index in [1.54, 1.807) is 24.3 Å². The van der Waals surface area contributed by atoms with Crippen LogP contribution in [0.4, 0.5) is 14.5 Å². The fourth-order valence-electron chi connectivity index (χ4n) is 4.65. The van der Waals surface area contributed by atoms with Gasteiger partial charge in [0.05, 0.1) is 5.69 Å². The zero-order valence-electron chi connectivity index (χ0n) is 39.4. The van der Waals surface area contributed by atoms with Crippen LogP contribution in [0.5, 0.6) is 0 Å². The number of allylic oxidation sites excluding steroid dienone is 6. The van der Waals surface area contributed by atoms with E-state index in [4.69, 9.17) is 0 Å². The molecule has 0 amide bonds. The van der Waals surface area contributed by atoms with E-state index >= 15 is 4.39 Å². The number of anilines is 1. The van der Waals surface area contributed by atoms with Crippen molar-refractivity contribution in [1.29, 1.82) is 0 Å². The van der Waals surface area contributed by atoms with Crippen molar-refractivity contribution in [2.24, 2.45) is 11.8 Å². The molecule has 2 aromatic rings. The van der Waals surface area contributed by atoms with Crippen LogP contribution in [-0.4, -0.2) is 27.2 Å². The molecule has 1 heterocycles. The molecule has 1 aliphatic heterocycles. The predicted molar refractivity (Wildman–Crippen MR) is 253 cm³/mol. The fourth-order valence-corrected chi connectivity index (χ4v) is 4.65. The molecule has 4 heteroatoms. The first-order valence-corrected chi connectivity index (χ1v) is 21.3. The van der Waals surface area contributed by atoms with Gasteiger partial charge in [0, 0.05) is 13.1 Å². The molecule has 0 aromatic heterocycles. The summed E-state index contributed by atoms with van der Waals surface area (Å²) in [6.45, 7) is 47.0. The van der Waals surface area contributed by atoms with Crippen molar-refractivity contribution in [3.63, 3.8) is 0 Å². The SMILES string of the molecule is C=C(C)CC.C=C/C(=C/C)C(=C)c1cc(F)c(N2CCC(CCc3ccc(C)cc3F)CC2)cc1C.C=CC.CC.CC.CC.CC1CC1.CCC.CNC. The number of piperidine rings is 1. The van der Waals surface area contributed by atoms with E-state index in [2.05, 4.69) is 64.2 Å². The summed E-state index contributed by atoms with van der Waals surface area (Å²) in [7, 11) is 3.75. The van der Waals surface area contributed by atoms with E-state index in [-0.39, 0.29) is 11.6 Å². The smallest absolute Gasteiger partial charge is 0.147 e.